The van der Waals surface area contributed by atoms with Gasteiger partial charge in [-0.3, -0.25) is 33.5 Å². The van der Waals surface area contributed by atoms with Gasteiger partial charge in [-0.15, -0.1) is 0 Å². The van der Waals surface area contributed by atoms with E-state index in [4.69, 9.17) is 29.2 Å². The SMILES string of the molecule is CCOC(=O)c1cn[nH]c1.CCOC(=O)c1cnn(C2CC2)c1.COC(=O)c1ccc2c(c1)N(Cc1ccn(C3CC3)c1)C(=O)CO2.O=C(CO)c1ccc2c(c1)N(Cc1cnn(C3CC3)c1)C(=O)CO2.OCc1cnn(C2CC2)c1. The third-order valence-corrected chi connectivity index (χ3v) is 13.5. The highest BCUT2D eigenvalue weighted by Crippen LogP contribution is 2.39. The molecule has 13 rings (SSSR count). The molecule has 24 nitrogen and oxygen atoms in total. The van der Waals surface area contributed by atoms with Crippen molar-refractivity contribution in [1.82, 2.24) is 44.1 Å². The summed E-state index contributed by atoms with van der Waals surface area (Å²) in [5.74, 6) is -0.583. The minimum atomic E-state index is -0.568. The maximum atomic E-state index is 12.3. The van der Waals surface area contributed by atoms with Crippen molar-refractivity contribution >= 4 is 46.9 Å². The number of Topliss-reactive ketones (excluding diaryl/α,β-unsaturated/α-hetero) is 1. The van der Waals surface area contributed by atoms with Gasteiger partial charge >= 0.3 is 17.9 Å². The van der Waals surface area contributed by atoms with Crippen LogP contribution in [0.5, 0.6) is 11.5 Å². The molecule has 81 heavy (non-hydrogen) atoms. The van der Waals surface area contributed by atoms with Gasteiger partial charge in [0.1, 0.15) is 18.1 Å². The second kappa shape index (κ2) is 26.4. The molecule has 0 radical (unpaired) electrons. The van der Waals surface area contributed by atoms with E-state index in [1.165, 1.54) is 58.0 Å². The fourth-order valence-corrected chi connectivity index (χ4v) is 8.55. The van der Waals surface area contributed by atoms with E-state index in [1.807, 2.05) is 32.5 Å². The molecule has 0 atom stereocenters. The van der Waals surface area contributed by atoms with Crippen molar-refractivity contribution < 1.29 is 62.7 Å². The summed E-state index contributed by atoms with van der Waals surface area (Å²) in [5.41, 5.74) is 5.82. The normalized spacial score (nSPS) is 15.7. The van der Waals surface area contributed by atoms with Crippen molar-refractivity contribution in [3.63, 3.8) is 0 Å². The largest absolute Gasteiger partial charge is 0.482 e. The first-order valence-electron chi connectivity index (χ1n) is 26.9. The summed E-state index contributed by atoms with van der Waals surface area (Å²) in [6, 6.07) is 14.1. The number of benzene rings is 2. The van der Waals surface area contributed by atoms with E-state index in [9.17, 15) is 28.8 Å². The standard InChI is InChI=1S/C18H18N2O4.C17H17N3O4.C9H12N2O2.C7H10N2O.C6H8N2O2/c1-23-18(22)13-2-5-16-15(8-13)20(17(21)11-24-16)10-12-6-7-19(9-12)14-3-4-14;21-9-15(22)12-1-4-16-14(5-12)19(17(23)10-24-16)7-11-6-18-20(8-11)13-2-3-13;1-2-13-9(12)7-5-10-11(6-7)8-3-4-8;10-5-6-3-8-9(4-6)7-1-2-7;1-2-10-6(9)5-3-7-8-4-5/h2,5-9,14H,3-4,10-11H2,1H3;1,4-6,8,13,21H,2-3,7,9-10H2;5-6,8H,2-4H2,1H3;3-4,7,10H,1-2,5H2;3-4H,2H2,1H3,(H,7,8). The number of fused-ring (bicyclic) bond motifs is 2. The van der Waals surface area contributed by atoms with E-state index < -0.39 is 18.4 Å². The molecule has 2 aromatic carbocycles. The van der Waals surface area contributed by atoms with Crippen LogP contribution in [0.1, 0.15) is 148 Å². The van der Waals surface area contributed by atoms with Crippen molar-refractivity contribution in [2.45, 2.75) is 109 Å². The molecule has 0 saturated heterocycles. The minimum Gasteiger partial charge on any atom is -0.482 e. The third kappa shape index (κ3) is 15.1. The van der Waals surface area contributed by atoms with Gasteiger partial charge < -0.3 is 48.3 Å². The quantitative estimate of drug-likeness (QED) is 0.0526. The first kappa shape index (κ1) is 56.8. The second-order valence-electron chi connectivity index (χ2n) is 19.8. The number of amides is 2. The molecule has 2 amide bonds. The molecular formula is C57H65N11O13. The van der Waals surface area contributed by atoms with Crippen molar-refractivity contribution in [3.05, 3.63) is 143 Å². The Balaban J connectivity index is 0.000000129. The van der Waals surface area contributed by atoms with E-state index >= 15 is 0 Å². The summed E-state index contributed by atoms with van der Waals surface area (Å²) < 4.78 is 33.1. The van der Waals surface area contributed by atoms with Gasteiger partial charge in [0.25, 0.3) is 11.8 Å². The van der Waals surface area contributed by atoms with E-state index in [0.29, 0.717) is 95.6 Å². The Bertz CT molecular complexity index is 3170. The molecule has 3 N–H and O–H groups in total. The molecule has 5 aromatic heterocycles. The van der Waals surface area contributed by atoms with Crippen molar-refractivity contribution in [3.8, 4) is 11.5 Å². The van der Waals surface area contributed by atoms with Crippen LogP contribution in [0.2, 0.25) is 0 Å². The number of ketones is 1. The molecule has 0 unspecified atom stereocenters. The predicted octanol–water partition coefficient (Wildman–Crippen LogP) is 6.55. The summed E-state index contributed by atoms with van der Waals surface area (Å²) in [6.07, 6.45) is 27.3. The smallest absolute Gasteiger partial charge is 0.341 e. The number of carbonyl (C=O) groups is 6. The van der Waals surface area contributed by atoms with Gasteiger partial charge in [0.15, 0.2) is 19.0 Å². The number of ether oxygens (including phenoxy) is 5. The number of nitrogens with zero attached hydrogens (tertiary/aromatic N) is 10. The molecule has 426 valence electrons. The van der Waals surface area contributed by atoms with Crippen molar-refractivity contribution in [1.29, 1.82) is 0 Å². The van der Waals surface area contributed by atoms with Crippen LogP contribution in [0, 0.1) is 0 Å². The number of aliphatic hydroxyl groups excluding tert-OH is 2. The molecule has 4 saturated carbocycles. The van der Waals surface area contributed by atoms with Crippen LogP contribution < -0.4 is 19.3 Å². The lowest BCUT2D eigenvalue weighted by molar-refractivity contribution is -0.122. The zero-order valence-corrected chi connectivity index (χ0v) is 45.3. The average Bonchev–Trinajstić information content (AvgIpc) is 4.64. The van der Waals surface area contributed by atoms with Crippen LogP contribution in [-0.2, 0) is 43.5 Å². The minimum absolute atomic E-state index is 0.00784. The molecule has 7 heterocycles. The number of methoxy groups -OCH3 is 1. The highest BCUT2D eigenvalue weighted by Gasteiger charge is 2.31. The van der Waals surface area contributed by atoms with Gasteiger partial charge in [0.05, 0.1) is 111 Å². The Morgan fingerprint density at radius 3 is 1.63 bits per heavy atom. The number of rotatable bonds is 16. The van der Waals surface area contributed by atoms with Gasteiger partial charge in [0, 0.05) is 59.9 Å². The van der Waals surface area contributed by atoms with Crippen LogP contribution in [0.4, 0.5) is 11.4 Å². The van der Waals surface area contributed by atoms with Crippen LogP contribution in [0.15, 0.2) is 104 Å². The van der Waals surface area contributed by atoms with Crippen LogP contribution in [-0.4, -0.2) is 130 Å². The number of H-pyrrole nitrogens is 1. The fraction of sp³-hybridized carbons (Fsp3) is 0.404. The summed E-state index contributed by atoms with van der Waals surface area (Å²) in [7, 11) is 1.34. The fourth-order valence-electron chi connectivity index (χ4n) is 8.55. The van der Waals surface area contributed by atoms with Gasteiger partial charge in [-0.25, -0.2) is 14.4 Å². The molecule has 2 aliphatic heterocycles. The molecule has 7 aromatic rings. The maximum absolute atomic E-state index is 12.3. The molecule has 6 aliphatic rings. The number of aliphatic hydroxyl groups is 2. The predicted molar refractivity (Wildman–Crippen MR) is 290 cm³/mol. The van der Waals surface area contributed by atoms with Gasteiger partial charge in [-0.05, 0) is 113 Å². The van der Waals surface area contributed by atoms with Crippen molar-refractivity contribution in [2.24, 2.45) is 0 Å². The Morgan fingerprint density at radius 1 is 0.593 bits per heavy atom. The Morgan fingerprint density at radius 2 is 1.11 bits per heavy atom. The Hall–Kier alpha value is -8.90. The number of hydrogen-bond acceptors (Lipinski definition) is 17. The Kier molecular flexibility index (Phi) is 18.5. The van der Waals surface area contributed by atoms with Crippen molar-refractivity contribution in [2.75, 3.05) is 49.9 Å². The van der Waals surface area contributed by atoms with E-state index in [1.54, 1.807) is 84.8 Å². The van der Waals surface area contributed by atoms with Gasteiger partial charge in [-0.1, -0.05) is 0 Å². The first-order chi connectivity index (χ1) is 39.4. The number of nitrogens with one attached hydrogen (secondary N) is 1. The number of anilines is 2. The summed E-state index contributed by atoms with van der Waals surface area (Å²) in [5, 5.41) is 36.4. The van der Waals surface area contributed by atoms with Gasteiger partial charge in [0.2, 0.25) is 0 Å². The highest BCUT2D eigenvalue weighted by molar-refractivity contribution is 6.02. The lowest BCUT2D eigenvalue weighted by atomic mass is 10.1. The lowest BCUT2D eigenvalue weighted by Crippen LogP contribution is -2.38. The van der Waals surface area contributed by atoms with Crippen LogP contribution in [0.3, 0.4) is 0 Å². The van der Waals surface area contributed by atoms with Crippen LogP contribution in [0.25, 0.3) is 0 Å². The summed E-state index contributed by atoms with van der Waals surface area (Å²) in [4.78, 5) is 73.4. The molecule has 4 aliphatic carbocycles. The third-order valence-electron chi connectivity index (χ3n) is 13.5. The van der Waals surface area contributed by atoms with Gasteiger partial charge in [-0.2, -0.15) is 20.4 Å². The first-order valence-corrected chi connectivity index (χ1v) is 26.9. The molecule has 0 spiro atoms. The van der Waals surface area contributed by atoms with E-state index in [-0.39, 0.29) is 43.6 Å². The highest BCUT2D eigenvalue weighted by atomic mass is 16.5. The number of carbonyl (C=O) groups excluding carboxylic acids is 6. The monoisotopic (exact) mass is 1110 g/mol. The lowest BCUT2D eigenvalue weighted by Gasteiger charge is -2.29. The summed E-state index contributed by atoms with van der Waals surface area (Å²) >= 11 is 0. The van der Waals surface area contributed by atoms with E-state index in [2.05, 4.69) is 47.2 Å². The zero-order valence-electron chi connectivity index (χ0n) is 45.3. The number of hydrogen-bond donors (Lipinski definition) is 3. The molecule has 4 fully saturated rings. The average molecular weight is 1110 g/mol. The number of aromatic nitrogens is 9. The number of esters is 3. The second-order valence-corrected chi connectivity index (χ2v) is 19.8. The molecule has 0 bridgehead atoms. The molecule has 24 heteroatoms. The maximum Gasteiger partial charge on any atom is 0.341 e. The Labute approximate surface area is 466 Å². The zero-order chi connectivity index (χ0) is 57.0. The molecular weight excluding hydrogens is 1050 g/mol. The topological polar surface area (TPSA) is 283 Å². The van der Waals surface area contributed by atoms with Crippen LogP contribution >= 0.6 is 0 Å². The number of aromatic amines is 1. The summed E-state index contributed by atoms with van der Waals surface area (Å²) in [6.45, 7) is 4.70. The van der Waals surface area contributed by atoms with E-state index in [0.717, 1.165) is 29.5 Å².